The summed E-state index contributed by atoms with van der Waals surface area (Å²) in [7, 11) is 4.03. The van der Waals surface area contributed by atoms with Gasteiger partial charge in [-0.2, -0.15) is 4.98 Å². The van der Waals surface area contributed by atoms with Gasteiger partial charge in [-0.25, -0.2) is 4.98 Å². The van der Waals surface area contributed by atoms with Gasteiger partial charge in [-0.1, -0.05) is 35.5 Å². The summed E-state index contributed by atoms with van der Waals surface area (Å²) < 4.78 is 5.12. The third-order valence-corrected chi connectivity index (χ3v) is 4.32. The molecule has 0 amide bonds. The molecule has 2 N–H and O–H groups in total. The maximum absolute atomic E-state index is 5.12. The summed E-state index contributed by atoms with van der Waals surface area (Å²) in [6.45, 7) is 1.84. The molecule has 0 bridgehead atoms. The van der Waals surface area contributed by atoms with E-state index in [9.17, 15) is 0 Å². The lowest BCUT2D eigenvalue weighted by Gasteiger charge is -2.14. The first kappa shape index (κ1) is 18.5. The first-order chi connectivity index (χ1) is 14.1. The van der Waals surface area contributed by atoms with E-state index in [0.29, 0.717) is 23.3 Å². The zero-order chi connectivity index (χ0) is 20.2. The molecule has 7 heteroatoms. The van der Waals surface area contributed by atoms with Gasteiger partial charge in [0.15, 0.2) is 5.82 Å². The SMILES string of the molecule is Cc1cc(Nc2nc(Nc3ccc(N(C)C)cc3)cc(-c3ccccc3)n2)no1. The summed E-state index contributed by atoms with van der Waals surface area (Å²) in [4.78, 5) is 11.3. The fraction of sp³-hybridized carbons (Fsp3) is 0.136. The second kappa shape index (κ2) is 8.02. The van der Waals surface area contributed by atoms with Crippen LogP contribution in [0.4, 0.5) is 29.0 Å². The minimum atomic E-state index is 0.437. The Kier molecular flexibility index (Phi) is 5.11. The van der Waals surface area contributed by atoms with E-state index in [1.54, 1.807) is 6.07 Å². The van der Waals surface area contributed by atoms with Crippen molar-refractivity contribution in [2.75, 3.05) is 29.6 Å². The van der Waals surface area contributed by atoms with Crippen LogP contribution in [-0.4, -0.2) is 29.2 Å². The van der Waals surface area contributed by atoms with Crippen LogP contribution in [0.25, 0.3) is 11.3 Å². The average Bonchev–Trinajstić information content (AvgIpc) is 3.13. The van der Waals surface area contributed by atoms with Gasteiger partial charge in [0.2, 0.25) is 5.95 Å². The van der Waals surface area contributed by atoms with Crippen LogP contribution in [0.3, 0.4) is 0 Å². The zero-order valence-corrected chi connectivity index (χ0v) is 16.5. The molecular formula is C22H22N6O. The Bertz CT molecular complexity index is 1090. The molecule has 2 heterocycles. The average molecular weight is 386 g/mol. The van der Waals surface area contributed by atoms with E-state index in [1.165, 1.54) is 0 Å². The standard InChI is InChI=1S/C22H22N6O/c1-15-13-21(27-29-15)26-22-24-19(16-7-5-4-6-8-16)14-20(25-22)23-17-9-11-18(12-10-17)28(2)3/h4-14H,1-3H3,(H2,23,24,25,26,27). The quantitative estimate of drug-likeness (QED) is 0.483. The number of benzene rings is 2. The molecule has 2 aromatic carbocycles. The second-order valence-corrected chi connectivity index (χ2v) is 6.84. The molecule has 0 spiro atoms. The highest BCUT2D eigenvalue weighted by Crippen LogP contribution is 2.25. The third kappa shape index (κ3) is 4.52. The molecule has 0 atom stereocenters. The Morgan fingerprint density at radius 1 is 0.828 bits per heavy atom. The van der Waals surface area contributed by atoms with Crippen LogP contribution in [0.1, 0.15) is 5.76 Å². The highest BCUT2D eigenvalue weighted by molar-refractivity contribution is 5.69. The maximum Gasteiger partial charge on any atom is 0.231 e. The fourth-order valence-electron chi connectivity index (χ4n) is 2.85. The van der Waals surface area contributed by atoms with E-state index in [2.05, 4.69) is 42.8 Å². The first-order valence-electron chi connectivity index (χ1n) is 9.26. The number of nitrogens with one attached hydrogen (secondary N) is 2. The molecule has 2 aromatic heterocycles. The van der Waals surface area contributed by atoms with Crippen LogP contribution < -0.4 is 15.5 Å². The van der Waals surface area contributed by atoms with Crippen molar-refractivity contribution >= 4 is 29.0 Å². The van der Waals surface area contributed by atoms with E-state index in [-0.39, 0.29) is 0 Å². The van der Waals surface area contributed by atoms with E-state index >= 15 is 0 Å². The van der Waals surface area contributed by atoms with Crippen LogP contribution in [0, 0.1) is 6.92 Å². The smallest absolute Gasteiger partial charge is 0.231 e. The van der Waals surface area contributed by atoms with Gasteiger partial charge < -0.3 is 20.1 Å². The number of hydrogen-bond donors (Lipinski definition) is 2. The summed E-state index contributed by atoms with van der Waals surface area (Å²) in [5, 5.41) is 10.4. The highest BCUT2D eigenvalue weighted by Gasteiger charge is 2.10. The maximum atomic E-state index is 5.12. The van der Waals surface area contributed by atoms with Crippen molar-refractivity contribution in [3.63, 3.8) is 0 Å². The lowest BCUT2D eigenvalue weighted by Crippen LogP contribution is -2.08. The zero-order valence-electron chi connectivity index (χ0n) is 16.5. The molecule has 0 aliphatic rings. The van der Waals surface area contributed by atoms with Crippen LogP contribution >= 0.6 is 0 Å². The predicted molar refractivity (Wildman–Crippen MR) is 116 cm³/mol. The van der Waals surface area contributed by atoms with Gasteiger partial charge in [0.05, 0.1) is 5.69 Å². The van der Waals surface area contributed by atoms with Crippen LogP contribution in [-0.2, 0) is 0 Å². The number of aromatic nitrogens is 3. The topological polar surface area (TPSA) is 79.1 Å². The van der Waals surface area contributed by atoms with Crippen molar-refractivity contribution < 1.29 is 4.52 Å². The minimum Gasteiger partial charge on any atom is -0.378 e. The van der Waals surface area contributed by atoms with Crippen molar-refractivity contribution in [3.05, 3.63) is 72.5 Å². The molecule has 0 aliphatic heterocycles. The summed E-state index contributed by atoms with van der Waals surface area (Å²) in [6.07, 6.45) is 0. The molecule has 4 rings (SSSR count). The molecule has 0 aliphatic carbocycles. The molecule has 0 saturated heterocycles. The Morgan fingerprint density at radius 2 is 1.59 bits per heavy atom. The van der Waals surface area contributed by atoms with Crippen molar-refractivity contribution in [2.45, 2.75) is 6.92 Å². The van der Waals surface area contributed by atoms with E-state index in [4.69, 9.17) is 4.52 Å². The minimum absolute atomic E-state index is 0.437. The van der Waals surface area contributed by atoms with Crippen molar-refractivity contribution in [1.82, 2.24) is 15.1 Å². The van der Waals surface area contributed by atoms with E-state index in [0.717, 1.165) is 22.6 Å². The Hall–Kier alpha value is -3.87. The second-order valence-electron chi connectivity index (χ2n) is 6.84. The Balaban J connectivity index is 1.67. The largest absolute Gasteiger partial charge is 0.378 e. The molecule has 0 radical (unpaired) electrons. The van der Waals surface area contributed by atoms with Crippen LogP contribution in [0.2, 0.25) is 0 Å². The highest BCUT2D eigenvalue weighted by atomic mass is 16.5. The molecule has 7 nitrogen and oxygen atoms in total. The van der Waals surface area contributed by atoms with Crippen molar-refractivity contribution in [1.29, 1.82) is 0 Å². The lowest BCUT2D eigenvalue weighted by atomic mass is 10.1. The summed E-state index contributed by atoms with van der Waals surface area (Å²) in [5.74, 6) is 2.39. The number of aryl methyl sites for hydroxylation is 1. The monoisotopic (exact) mass is 386 g/mol. The molecular weight excluding hydrogens is 364 g/mol. The van der Waals surface area contributed by atoms with Gasteiger partial charge in [-0.15, -0.1) is 0 Å². The van der Waals surface area contributed by atoms with Gasteiger partial charge in [0.25, 0.3) is 0 Å². The van der Waals surface area contributed by atoms with Gasteiger partial charge >= 0.3 is 0 Å². The fourth-order valence-corrected chi connectivity index (χ4v) is 2.85. The van der Waals surface area contributed by atoms with E-state index < -0.39 is 0 Å². The Labute approximate surface area is 169 Å². The van der Waals surface area contributed by atoms with Gasteiger partial charge in [0.1, 0.15) is 11.6 Å². The molecule has 0 fully saturated rings. The summed E-state index contributed by atoms with van der Waals surface area (Å²) in [6, 6.07) is 21.9. The summed E-state index contributed by atoms with van der Waals surface area (Å²) in [5.41, 5.74) is 3.87. The lowest BCUT2D eigenvalue weighted by molar-refractivity contribution is 0.400. The molecule has 29 heavy (non-hydrogen) atoms. The van der Waals surface area contributed by atoms with Crippen molar-refractivity contribution in [2.24, 2.45) is 0 Å². The van der Waals surface area contributed by atoms with Gasteiger partial charge in [-0.05, 0) is 31.2 Å². The number of nitrogens with zero attached hydrogens (tertiary/aromatic N) is 4. The number of rotatable bonds is 6. The van der Waals surface area contributed by atoms with Crippen LogP contribution in [0.5, 0.6) is 0 Å². The normalized spacial score (nSPS) is 10.6. The molecule has 0 unspecified atom stereocenters. The molecule has 4 aromatic rings. The number of anilines is 5. The predicted octanol–water partition coefficient (Wildman–Crippen LogP) is 4.99. The van der Waals surface area contributed by atoms with E-state index in [1.807, 2.05) is 69.6 Å². The van der Waals surface area contributed by atoms with Crippen molar-refractivity contribution in [3.8, 4) is 11.3 Å². The Morgan fingerprint density at radius 3 is 2.24 bits per heavy atom. The molecule has 146 valence electrons. The number of hydrogen-bond acceptors (Lipinski definition) is 7. The molecule has 0 saturated carbocycles. The van der Waals surface area contributed by atoms with Gasteiger partial charge in [-0.3, -0.25) is 0 Å². The van der Waals surface area contributed by atoms with Gasteiger partial charge in [0, 0.05) is 43.2 Å². The van der Waals surface area contributed by atoms with Crippen LogP contribution in [0.15, 0.2) is 71.3 Å². The third-order valence-electron chi connectivity index (χ3n) is 4.32. The summed E-state index contributed by atoms with van der Waals surface area (Å²) >= 11 is 0. The first-order valence-corrected chi connectivity index (χ1v) is 9.26.